The molecule has 258 valence electrons. The highest BCUT2D eigenvalue weighted by molar-refractivity contribution is 5.87. The Bertz CT molecular complexity index is 2110. The number of nitrogens with two attached hydrogens (primary N) is 1. The van der Waals surface area contributed by atoms with Gasteiger partial charge < -0.3 is 15.9 Å². The Morgan fingerprint density at radius 3 is 1.76 bits per heavy atom. The molecule has 1 aliphatic carbocycles. The molecule has 17 heteroatoms. The maximum atomic E-state index is 10.6. The van der Waals surface area contributed by atoms with E-state index in [9.17, 15) is 26.3 Å². The Hall–Kier alpha value is -5.97. The lowest BCUT2D eigenvalue weighted by Crippen LogP contribution is -2.43. The van der Waals surface area contributed by atoms with Crippen molar-refractivity contribution in [3.63, 3.8) is 0 Å². The number of nitrogens with zero attached hydrogens (tertiary/aromatic N) is 6. The molecule has 1 saturated carbocycles. The van der Waals surface area contributed by atoms with Gasteiger partial charge in [0.2, 0.25) is 0 Å². The number of rotatable bonds is 4. The van der Waals surface area contributed by atoms with E-state index in [0.29, 0.717) is 17.1 Å². The number of alkyl halides is 6. The monoisotopic (exact) mass is 697 g/mol. The van der Waals surface area contributed by atoms with E-state index in [4.69, 9.17) is 35.5 Å². The number of aromatic nitrogens is 6. The van der Waals surface area contributed by atoms with Gasteiger partial charge in [0.15, 0.2) is 17.1 Å². The van der Waals surface area contributed by atoms with Gasteiger partial charge in [-0.05, 0) is 49.1 Å². The van der Waals surface area contributed by atoms with Gasteiger partial charge in [0.25, 0.3) is 0 Å². The number of carboxylic acid groups (broad SMARTS) is 2. The van der Waals surface area contributed by atoms with Gasteiger partial charge >= 0.3 is 24.3 Å². The largest absolute Gasteiger partial charge is 0.490 e. The average molecular weight is 698 g/mol. The fourth-order valence-electron chi connectivity index (χ4n) is 4.98. The molecular weight excluding hydrogens is 672 g/mol. The first kappa shape index (κ1) is 35.3. The van der Waals surface area contributed by atoms with Gasteiger partial charge in [-0.15, -0.1) is 10.2 Å². The van der Waals surface area contributed by atoms with Crippen molar-refractivity contribution >= 4 is 28.7 Å². The van der Waals surface area contributed by atoms with Crippen LogP contribution in [0.1, 0.15) is 24.8 Å². The molecule has 4 aromatic heterocycles. The van der Waals surface area contributed by atoms with Crippen molar-refractivity contribution in [2.75, 3.05) is 0 Å². The highest BCUT2D eigenvalue weighted by atomic mass is 19.4. The van der Waals surface area contributed by atoms with Crippen LogP contribution in [0.25, 0.3) is 50.7 Å². The minimum Gasteiger partial charge on any atom is -0.475 e. The lowest BCUT2D eigenvalue weighted by Gasteiger charge is -2.38. The fourth-order valence-corrected chi connectivity index (χ4v) is 4.98. The van der Waals surface area contributed by atoms with E-state index < -0.39 is 24.3 Å². The minimum absolute atomic E-state index is 0.195. The fraction of sp³-hybridized carbons (Fsp3) is 0.182. The molecule has 0 unspecified atom stereocenters. The molecule has 0 saturated heterocycles. The molecule has 50 heavy (non-hydrogen) atoms. The zero-order valence-corrected chi connectivity index (χ0v) is 25.5. The number of carboxylic acids is 2. The SMILES string of the molecule is NC1(c2ccc(-c3nc4ccc5nnc(-c6ccncc6)n5c4nc3-c3ccccc3)cc2)CCC1.O=C(O)C(F)(F)F.O=C(O)C(F)(F)F. The summed E-state index contributed by atoms with van der Waals surface area (Å²) < 4.78 is 65.4. The molecule has 1 aliphatic rings. The van der Waals surface area contributed by atoms with Crippen molar-refractivity contribution in [3.8, 4) is 33.9 Å². The summed E-state index contributed by atoms with van der Waals surface area (Å²) in [6.45, 7) is 0. The molecule has 0 radical (unpaired) electrons. The van der Waals surface area contributed by atoms with Crippen molar-refractivity contribution in [2.45, 2.75) is 37.2 Å². The van der Waals surface area contributed by atoms with Crippen LogP contribution in [0.2, 0.25) is 0 Å². The summed E-state index contributed by atoms with van der Waals surface area (Å²) in [4.78, 5) is 32.2. The highest BCUT2D eigenvalue weighted by Gasteiger charge is 2.39. The van der Waals surface area contributed by atoms with E-state index in [0.717, 1.165) is 46.4 Å². The average Bonchev–Trinajstić information content (AvgIpc) is 3.52. The number of aliphatic carboxylic acids is 2. The van der Waals surface area contributed by atoms with Gasteiger partial charge in [0.05, 0.1) is 11.4 Å². The number of benzene rings is 2. The summed E-state index contributed by atoms with van der Waals surface area (Å²) in [5, 5.41) is 23.1. The van der Waals surface area contributed by atoms with Gasteiger partial charge in [-0.2, -0.15) is 26.3 Å². The van der Waals surface area contributed by atoms with Gasteiger partial charge in [0.1, 0.15) is 5.52 Å². The van der Waals surface area contributed by atoms with Crippen LogP contribution in [0.3, 0.4) is 0 Å². The van der Waals surface area contributed by atoms with Crippen LogP contribution in [0.5, 0.6) is 0 Å². The smallest absolute Gasteiger partial charge is 0.475 e. The molecule has 0 amide bonds. The lowest BCUT2D eigenvalue weighted by molar-refractivity contribution is -0.193. The molecule has 4 N–H and O–H groups in total. The molecule has 0 aliphatic heterocycles. The molecule has 2 aromatic carbocycles. The summed E-state index contributed by atoms with van der Waals surface area (Å²) >= 11 is 0. The third-order valence-corrected chi connectivity index (χ3v) is 7.64. The molecule has 11 nitrogen and oxygen atoms in total. The Balaban J connectivity index is 0.000000295. The van der Waals surface area contributed by atoms with Crippen LogP contribution in [0.15, 0.2) is 91.3 Å². The van der Waals surface area contributed by atoms with E-state index in [1.807, 2.05) is 46.9 Å². The molecule has 0 bridgehead atoms. The molecule has 7 rings (SSSR count). The number of hydrogen-bond acceptors (Lipinski definition) is 8. The van der Waals surface area contributed by atoms with E-state index in [2.05, 4.69) is 51.6 Å². The number of pyridine rings is 2. The zero-order chi connectivity index (χ0) is 36.3. The second kappa shape index (κ2) is 13.9. The van der Waals surface area contributed by atoms with Gasteiger partial charge in [-0.1, -0.05) is 54.6 Å². The third-order valence-electron chi connectivity index (χ3n) is 7.64. The normalized spacial score (nSPS) is 13.7. The van der Waals surface area contributed by atoms with Gasteiger partial charge in [-0.3, -0.25) is 9.38 Å². The van der Waals surface area contributed by atoms with Crippen molar-refractivity contribution < 1.29 is 46.1 Å². The molecule has 1 fully saturated rings. The molecule has 0 atom stereocenters. The summed E-state index contributed by atoms with van der Waals surface area (Å²) in [7, 11) is 0. The first-order valence-electron chi connectivity index (χ1n) is 14.6. The summed E-state index contributed by atoms with van der Waals surface area (Å²) in [5.41, 5.74) is 14.3. The van der Waals surface area contributed by atoms with Gasteiger partial charge in [-0.25, -0.2) is 19.6 Å². The predicted octanol–water partition coefficient (Wildman–Crippen LogP) is 6.67. The van der Waals surface area contributed by atoms with Crippen LogP contribution in [0.4, 0.5) is 26.3 Å². The van der Waals surface area contributed by atoms with Crippen LogP contribution in [-0.2, 0) is 15.1 Å². The maximum Gasteiger partial charge on any atom is 0.490 e. The highest BCUT2D eigenvalue weighted by Crippen LogP contribution is 2.40. The van der Waals surface area contributed by atoms with E-state index >= 15 is 0 Å². The van der Waals surface area contributed by atoms with E-state index in [1.165, 1.54) is 12.0 Å². The zero-order valence-electron chi connectivity index (χ0n) is 25.5. The number of halogens is 6. The van der Waals surface area contributed by atoms with Crippen molar-refractivity contribution in [3.05, 3.63) is 96.8 Å². The van der Waals surface area contributed by atoms with E-state index in [-0.39, 0.29) is 5.54 Å². The quantitative estimate of drug-likeness (QED) is 0.169. The summed E-state index contributed by atoms with van der Waals surface area (Å²) in [6.07, 6.45) is -3.41. The van der Waals surface area contributed by atoms with Crippen molar-refractivity contribution in [1.29, 1.82) is 0 Å². The first-order valence-corrected chi connectivity index (χ1v) is 14.6. The number of fused-ring (bicyclic) bond motifs is 3. The Morgan fingerprint density at radius 1 is 0.700 bits per heavy atom. The third kappa shape index (κ3) is 7.67. The Labute approximate surface area is 278 Å². The lowest BCUT2D eigenvalue weighted by atomic mass is 9.72. The summed E-state index contributed by atoms with van der Waals surface area (Å²) in [6, 6.07) is 26.4. The number of carbonyl (C=O) groups is 2. The Morgan fingerprint density at radius 2 is 1.24 bits per heavy atom. The topological polar surface area (TPSA) is 169 Å². The second-order valence-corrected chi connectivity index (χ2v) is 11.0. The van der Waals surface area contributed by atoms with Crippen molar-refractivity contribution in [1.82, 2.24) is 29.5 Å². The van der Waals surface area contributed by atoms with Crippen molar-refractivity contribution in [2.24, 2.45) is 5.73 Å². The minimum atomic E-state index is -5.08. The first-order chi connectivity index (χ1) is 23.6. The Kier molecular flexibility index (Phi) is 9.80. The molecular formula is C33H25F6N7O4. The molecule has 4 heterocycles. The molecule has 0 spiro atoms. The molecule has 6 aromatic rings. The number of hydrogen-bond donors (Lipinski definition) is 3. The van der Waals surface area contributed by atoms with Crippen LogP contribution in [0, 0.1) is 0 Å². The van der Waals surface area contributed by atoms with Gasteiger partial charge in [0, 0.05) is 34.6 Å². The maximum absolute atomic E-state index is 10.6. The second-order valence-electron chi connectivity index (χ2n) is 11.0. The van der Waals surface area contributed by atoms with Crippen LogP contribution >= 0.6 is 0 Å². The van der Waals surface area contributed by atoms with Crippen LogP contribution in [-0.4, -0.2) is 64.1 Å². The van der Waals surface area contributed by atoms with Crippen LogP contribution < -0.4 is 5.73 Å². The standard InChI is InChI=1S/C29H23N7.2C2HF3O2/c30-29(15-4-16-29)22-9-7-20(8-10-22)25-26(19-5-2-1-3-6-19)33-28-23(32-25)11-12-24-34-35-27(36(24)28)21-13-17-31-18-14-21;2*3-2(4,5)1(6)7/h1-3,5-14,17-18H,4,15-16,30H2;2*(H,6,7). The summed E-state index contributed by atoms with van der Waals surface area (Å²) in [5.74, 6) is -4.81. The predicted molar refractivity (Wildman–Crippen MR) is 167 cm³/mol. The van der Waals surface area contributed by atoms with E-state index in [1.54, 1.807) is 12.4 Å².